The molecule has 0 radical (unpaired) electrons. The van der Waals surface area contributed by atoms with Crippen molar-refractivity contribution < 1.29 is 0 Å². The number of fused-ring (bicyclic) bond motifs is 2. The lowest BCUT2D eigenvalue weighted by Crippen LogP contribution is -2.17. The van der Waals surface area contributed by atoms with Crippen LogP contribution in [0.5, 0.6) is 0 Å². The van der Waals surface area contributed by atoms with Crippen LogP contribution in [-0.2, 0) is 0 Å². The van der Waals surface area contributed by atoms with Crippen molar-refractivity contribution >= 4 is 0 Å². The van der Waals surface area contributed by atoms with Crippen molar-refractivity contribution in [3.63, 3.8) is 0 Å². The van der Waals surface area contributed by atoms with Gasteiger partial charge in [-0.1, -0.05) is 27.7 Å². The van der Waals surface area contributed by atoms with Gasteiger partial charge in [-0.15, -0.1) is 0 Å². The van der Waals surface area contributed by atoms with E-state index in [1.165, 1.54) is 26.2 Å². The molecular weight excluding hydrogens is 196 g/mol. The van der Waals surface area contributed by atoms with E-state index in [9.17, 15) is 0 Å². The first-order valence-electron chi connectivity index (χ1n) is 6.87. The fourth-order valence-electron chi connectivity index (χ4n) is 4.12. The first kappa shape index (κ1) is 11.0. The normalized spacial score (nSPS) is 48.8. The van der Waals surface area contributed by atoms with Gasteiger partial charge in [0.25, 0.3) is 0 Å². The van der Waals surface area contributed by atoms with Crippen molar-refractivity contribution in [3.05, 3.63) is 0 Å². The molecule has 2 heteroatoms. The fraction of sp³-hybridized carbons (Fsp3) is 1.00. The Kier molecular flexibility index (Phi) is 2.23. The van der Waals surface area contributed by atoms with Gasteiger partial charge in [-0.3, -0.25) is 0 Å². The van der Waals surface area contributed by atoms with E-state index in [0.717, 1.165) is 23.7 Å². The van der Waals surface area contributed by atoms with Crippen molar-refractivity contribution in [2.45, 2.75) is 27.7 Å². The summed E-state index contributed by atoms with van der Waals surface area (Å²) in [7, 11) is 0. The number of piperidine rings is 2. The quantitative estimate of drug-likeness (QED) is 0.652. The molecule has 2 aliphatic heterocycles. The van der Waals surface area contributed by atoms with E-state index in [0.29, 0.717) is 10.8 Å². The molecule has 4 fully saturated rings. The van der Waals surface area contributed by atoms with E-state index in [1.807, 2.05) is 0 Å². The van der Waals surface area contributed by atoms with Crippen molar-refractivity contribution in [2.24, 2.45) is 34.5 Å². The van der Waals surface area contributed by atoms with Crippen LogP contribution in [-0.4, -0.2) is 26.2 Å². The molecule has 0 spiro atoms. The Balaban J connectivity index is 0.000000101. The third-order valence-corrected chi connectivity index (χ3v) is 6.03. The van der Waals surface area contributed by atoms with Crippen LogP contribution in [0.15, 0.2) is 0 Å². The third kappa shape index (κ3) is 1.46. The van der Waals surface area contributed by atoms with Gasteiger partial charge in [0.2, 0.25) is 0 Å². The number of hydrogen-bond acceptors (Lipinski definition) is 2. The second-order valence-corrected chi connectivity index (χ2v) is 7.39. The first-order chi connectivity index (χ1) is 7.45. The lowest BCUT2D eigenvalue weighted by molar-refractivity contribution is 0.474. The molecule has 92 valence electrons. The lowest BCUT2D eigenvalue weighted by Gasteiger charge is -2.06. The summed E-state index contributed by atoms with van der Waals surface area (Å²) in [4.78, 5) is 0. The van der Waals surface area contributed by atoms with Crippen molar-refractivity contribution in [3.8, 4) is 0 Å². The van der Waals surface area contributed by atoms with Crippen LogP contribution < -0.4 is 10.6 Å². The standard InChI is InChI=1S/2C7H13N/c2*1-7(2)5-3-8-4-6(5)7/h2*5-6,8H,3-4H2,1-2H3. The minimum atomic E-state index is 0.700. The summed E-state index contributed by atoms with van der Waals surface area (Å²) in [5.41, 5.74) is 1.40. The molecular formula is C14H26N2. The Bertz CT molecular complexity index is 241. The van der Waals surface area contributed by atoms with Crippen LogP contribution in [0, 0.1) is 34.5 Å². The summed E-state index contributed by atoms with van der Waals surface area (Å²) in [5.74, 6) is 4.06. The minimum Gasteiger partial charge on any atom is -0.316 e. The highest BCUT2D eigenvalue weighted by molar-refractivity contribution is 5.10. The van der Waals surface area contributed by atoms with Gasteiger partial charge in [0, 0.05) is 0 Å². The van der Waals surface area contributed by atoms with Gasteiger partial charge < -0.3 is 10.6 Å². The first-order valence-corrected chi connectivity index (χ1v) is 6.87. The Morgan fingerprint density at radius 2 is 0.875 bits per heavy atom. The maximum Gasteiger partial charge on any atom is -0.00118 e. The van der Waals surface area contributed by atoms with Gasteiger partial charge in [-0.2, -0.15) is 0 Å². The summed E-state index contributed by atoms with van der Waals surface area (Å²) in [6, 6.07) is 0. The van der Waals surface area contributed by atoms with Crippen LogP contribution in [0.4, 0.5) is 0 Å². The van der Waals surface area contributed by atoms with E-state index >= 15 is 0 Å². The van der Waals surface area contributed by atoms with Crippen molar-refractivity contribution in [2.75, 3.05) is 26.2 Å². The van der Waals surface area contributed by atoms with Gasteiger partial charge in [0.15, 0.2) is 0 Å². The molecule has 0 aromatic rings. The summed E-state index contributed by atoms with van der Waals surface area (Å²) in [6.07, 6.45) is 0. The Labute approximate surface area is 99.6 Å². The molecule has 0 aromatic heterocycles. The molecule has 0 amide bonds. The number of rotatable bonds is 0. The molecule has 4 atom stereocenters. The van der Waals surface area contributed by atoms with E-state index < -0.39 is 0 Å². The largest absolute Gasteiger partial charge is 0.316 e. The molecule has 2 saturated carbocycles. The van der Waals surface area contributed by atoms with E-state index in [1.54, 1.807) is 0 Å². The Morgan fingerprint density at radius 1 is 0.625 bits per heavy atom. The summed E-state index contributed by atoms with van der Waals surface area (Å²) < 4.78 is 0. The van der Waals surface area contributed by atoms with E-state index in [2.05, 4.69) is 38.3 Å². The molecule has 4 aliphatic rings. The average molecular weight is 222 g/mol. The fourth-order valence-corrected chi connectivity index (χ4v) is 4.12. The molecule has 0 bridgehead atoms. The molecule has 0 aromatic carbocycles. The molecule has 2 nitrogen and oxygen atoms in total. The van der Waals surface area contributed by atoms with Crippen LogP contribution in [0.25, 0.3) is 0 Å². The minimum absolute atomic E-state index is 0.700. The highest BCUT2D eigenvalue weighted by Gasteiger charge is 2.60. The second kappa shape index (κ2) is 3.23. The smallest absolute Gasteiger partial charge is 0.00118 e. The van der Waals surface area contributed by atoms with Crippen LogP contribution >= 0.6 is 0 Å². The average Bonchev–Trinajstić information content (AvgIpc) is 2.90. The van der Waals surface area contributed by atoms with Crippen LogP contribution in [0.1, 0.15) is 27.7 Å². The highest BCUT2D eigenvalue weighted by Crippen LogP contribution is 2.60. The zero-order valence-electron chi connectivity index (χ0n) is 11.1. The molecule has 16 heavy (non-hydrogen) atoms. The summed E-state index contributed by atoms with van der Waals surface area (Å²) in [5, 5.41) is 6.75. The molecule has 2 N–H and O–H groups in total. The van der Waals surface area contributed by atoms with Gasteiger partial charge in [-0.25, -0.2) is 0 Å². The second-order valence-electron chi connectivity index (χ2n) is 7.39. The SMILES string of the molecule is CC1(C)C2CNCC21.CC1(C)C2CNCC21. The Morgan fingerprint density at radius 3 is 1.00 bits per heavy atom. The monoisotopic (exact) mass is 222 g/mol. The third-order valence-electron chi connectivity index (χ3n) is 6.03. The summed E-state index contributed by atoms with van der Waals surface area (Å²) >= 11 is 0. The van der Waals surface area contributed by atoms with Crippen molar-refractivity contribution in [1.82, 2.24) is 10.6 Å². The zero-order valence-corrected chi connectivity index (χ0v) is 11.1. The maximum absolute atomic E-state index is 3.38. The number of nitrogens with one attached hydrogen (secondary N) is 2. The molecule has 4 unspecified atom stereocenters. The lowest BCUT2D eigenvalue weighted by atomic mass is 10.1. The highest BCUT2D eigenvalue weighted by atomic mass is 15.0. The maximum atomic E-state index is 3.38. The van der Waals surface area contributed by atoms with E-state index in [-0.39, 0.29) is 0 Å². The van der Waals surface area contributed by atoms with E-state index in [4.69, 9.17) is 0 Å². The van der Waals surface area contributed by atoms with Gasteiger partial charge in [-0.05, 0) is 60.7 Å². The summed E-state index contributed by atoms with van der Waals surface area (Å²) in [6.45, 7) is 14.6. The molecule has 4 rings (SSSR count). The topological polar surface area (TPSA) is 24.1 Å². The predicted molar refractivity (Wildman–Crippen MR) is 67.3 cm³/mol. The zero-order chi connectivity index (χ0) is 11.6. The predicted octanol–water partition coefficient (Wildman–Crippen LogP) is 1.72. The van der Waals surface area contributed by atoms with Crippen molar-refractivity contribution in [1.29, 1.82) is 0 Å². The van der Waals surface area contributed by atoms with Gasteiger partial charge in [0.1, 0.15) is 0 Å². The molecule has 2 aliphatic carbocycles. The Hall–Kier alpha value is -0.0800. The van der Waals surface area contributed by atoms with Gasteiger partial charge in [0.05, 0.1) is 0 Å². The molecule has 2 heterocycles. The van der Waals surface area contributed by atoms with Crippen LogP contribution in [0.2, 0.25) is 0 Å². The molecule has 2 saturated heterocycles. The van der Waals surface area contributed by atoms with Crippen LogP contribution in [0.3, 0.4) is 0 Å². The number of hydrogen-bond donors (Lipinski definition) is 2. The van der Waals surface area contributed by atoms with Gasteiger partial charge >= 0.3 is 0 Å².